The highest BCUT2D eigenvalue weighted by molar-refractivity contribution is 8.00. The van der Waals surface area contributed by atoms with Gasteiger partial charge in [0.05, 0.1) is 10.9 Å². The Labute approximate surface area is 172 Å². The maximum atomic E-state index is 12.6. The minimum absolute atomic E-state index is 0.129. The zero-order valence-electron chi connectivity index (χ0n) is 16.2. The van der Waals surface area contributed by atoms with Crippen molar-refractivity contribution in [3.8, 4) is 0 Å². The molecule has 1 aromatic heterocycles. The Balaban J connectivity index is 1.65. The second-order valence-electron chi connectivity index (χ2n) is 7.03. The third-order valence-electron chi connectivity index (χ3n) is 5.04. The Hall–Kier alpha value is -1.54. The van der Waals surface area contributed by atoms with Crippen LogP contribution in [0.3, 0.4) is 0 Å². The fourth-order valence-corrected chi connectivity index (χ4v) is 5.02. The maximum absolute atomic E-state index is 12.6. The first kappa shape index (κ1) is 21.2. The van der Waals surface area contributed by atoms with Crippen LogP contribution in [-0.4, -0.2) is 26.5 Å². The van der Waals surface area contributed by atoms with E-state index in [0.29, 0.717) is 28.4 Å². The predicted octanol–water partition coefficient (Wildman–Crippen LogP) is 6.05. The quantitative estimate of drug-likeness (QED) is 0.549. The Morgan fingerprint density at radius 2 is 1.82 bits per heavy atom. The molecule has 152 valence electrons. The second kappa shape index (κ2) is 9.31. The number of halogens is 2. The second-order valence-corrected chi connectivity index (χ2v) is 9.40. The van der Waals surface area contributed by atoms with Crippen molar-refractivity contribution in [3.63, 3.8) is 0 Å². The van der Waals surface area contributed by atoms with Crippen molar-refractivity contribution in [3.05, 3.63) is 35.7 Å². The molecule has 0 unspecified atom stereocenters. The molecular formula is C20H25F2N3OS2. The largest absolute Gasteiger partial charge is 0.325 e. The van der Waals surface area contributed by atoms with Crippen LogP contribution in [-0.2, 0) is 4.79 Å². The van der Waals surface area contributed by atoms with Gasteiger partial charge >= 0.3 is 0 Å². The van der Waals surface area contributed by atoms with E-state index in [1.807, 2.05) is 13.8 Å². The molecule has 1 N–H and O–H groups in total. The van der Waals surface area contributed by atoms with Crippen LogP contribution in [0.4, 0.5) is 14.5 Å². The van der Waals surface area contributed by atoms with Gasteiger partial charge in [-0.05, 0) is 57.9 Å². The molecule has 2 aromatic rings. The van der Waals surface area contributed by atoms with E-state index >= 15 is 0 Å². The molecule has 1 aromatic carbocycles. The number of alkyl halides is 2. The summed E-state index contributed by atoms with van der Waals surface area (Å²) >= 11 is 1.96. The zero-order chi connectivity index (χ0) is 20.3. The monoisotopic (exact) mass is 425 g/mol. The van der Waals surface area contributed by atoms with E-state index in [4.69, 9.17) is 4.98 Å². The molecule has 1 aliphatic carbocycles. The van der Waals surface area contributed by atoms with Crippen molar-refractivity contribution in [1.29, 1.82) is 0 Å². The van der Waals surface area contributed by atoms with E-state index in [9.17, 15) is 13.6 Å². The lowest BCUT2D eigenvalue weighted by atomic mass is 10.2. The molecule has 28 heavy (non-hydrogen) atoms. The SMILES string of the molecule is Cc1nc(S[C@@H](C)C(=O)Nc2ccc(SC(F)F)cc2)n(C2CCCC2)c1C. The van der Waals surface area contributed by atoms with E-state index < -0.39 is 5.76 Å². The molecule has 4 nitrogen and oxygen atoms in total. The topological polar surface area (TPSA) is 46.9 Å². The maximum Gasteiger partial charge on any atom is 0.288 e. The van der Waals surface area contributed by atoms with Crippen LogP contribution in [0, 0.1) is 13.8 Å². The zero-order valence-corrected chi connectivity index (χ0v) is 17.9. The van der Waals surface area contributed by atoms with E-state index in [0.717, 1.165) is 23.7 Å². The number of anilines is 1. The number of hydrogen-bond acceptors (Lipinski definition) is 4. The number of aromatic nitrogens is 2. The van der Waals surface area contributed by atoms with Crippen LogP contribution in [0.5, 0.6) is 0 Å². The first-order chi connectivity index (χ1) is 13.3. The Kier molecular flexibility index (Phi) is 7.04. The number of carbonyl (C=O) groups excluding carboxylic acids is 1. The van der Waals surface area contributed by atoms with Gasteiger partial charge < -0.3 is 9.88 Å². The number of rotatable bonds is 7. The summed E-state index contributed by atoms with van der Waals surface area (Å²) in [6.45, 7) is 5.96. The van der Waals surface area contributed by atoms with Gasteiger partial charge in [0.15, 0.2) is 5.16 Å². The average Bonchev–Trinajstić information content (AvgIpc) is 3.25. The van der Waals surface area contributed by atoms with Gasteiger partial charge in [-0.15, -0.1) is 0 Å². The molecule has 0 saturated heterocycles. The molecule has 1 saturated carbocycles. The Bertz CT molecular complexity index is 818. The number of carbonyl (C=O) groups is 1. The predicted molar refractivity (Wildman–Crippen MR) is 111 cm³/mol. The molecule has 1 amide bonds. The first-order valence-corrected chi connectivity index (χ1v) is 11.2. The van der Waals surface area contributed by atoms with Crippen molar-refractivity contribution < 1.29 is 13.6 Å². The van der Waals surface area contributed by atoms with Crippen molar-refractivity contribution in [1.82, 2.24) is 9.55 Å². The molecule has 8 heteroatoms. The molecule has 1 atom stereocenters. The van der Waals surface area contributed by atoms with Gasteiger partial charge in [0, 0.05) is 22.3 Å². The van der Waals surface area contributed by atoms with Crippen molar-refractivity contribution in [2.75, 3.05) is 5.32 Å². The number of aryl methyl sites for hydroxylation is 1. The van der Waals surface area contributed by atoms with Crippen molar-refractivity contribution >= 4 is 35.1 Å². The van der Waals surface area contributed by atoms with Gasteiger partial charge in [-0.1, -0.05) is 36.4 Å². The van der Waals surface area contributed by atoms with E-state index in [1.54, 1.807) is 24.3 Å². The highest BCUT2D eigenvalue weighted by atomic mass is 32.2. The number of amides is 1. The summed E-state index contributed by atoms with van der Waals surface area (Å²) in [5.41, 5.74) is 2.78. The molecule has 0 bridgehead atoms. The smallest absolute Gasteiger partial charge is 0.288 e. The molecule has 1 aliphatic rings. The number of nitrogens with zero attached hydrogens (tertiary/aromatic N) is 2. The molecule has 0 spiro atoms. The number of benzene rings is 1. The van der Waals surface area contributed by atoms with E-state index in [1.165, 1.54) is 30.3 Å². The minimum Gasteiger partial charge on any atom is -0.325 e. The minimum atomic E-state index is -2.45. The lowest BCUT2D eigenvalue weighted by Gasteiger charge is -2.18. The van der Waals surface area contributed by atoms with Gasteiger partial charge in [0.25, 0.3) is 5.76 Å². The fraction of sp³-hybridized carbons (Fsp3) is 0.500. The first-order valence-electron chi connectivity index (χ1n) is 9.43. The van der Waals surface area contributed by atoms with Crippen LogP contribution in [0.1, 0.15) is 50.0 Å². The molecule has 3 rings (SSSR count). The Morgan fingerprint density at radius 1 is 1.18 bits per heavy atom. The van der Waals surface area contributed by atoms with Gasteiger partial charge in [-0.3, -0.25) is 4.79 Å². The third kappa shape index (κ3) is 5.08. The summed E-state index contributed by atoms with van der Waals surface area (Å²) in [7, 11) is 0. The fourth-order valence-electron chi connectivity index (χ4n) is 3.45. The van der Waals surface area contributed by atoms with Crippen LogP contribution in [0.25, 0.3) is 0 Å². The lowest BCUT2D eigenvalue weighted by molar-refractivity contribution is -0.115. The highest BCUT2D eigenvalue weighted by Crippen LogP contribution is 2.36. The number of nitrogens with one attached hydrogen (secondary N) is 1. The highest BCUT2D eigenvalue weighted by Gasteiger charge is 2.25. The summed E-state index contributed by atoms with van der Waals surface area (Å²) in [5.74, 6) is -2.58. The van der Waals surface area contributed by atoms with E-state index in [2.05, 4.69) is 16.8 Å². The molecule has 1 heterocycles. The van der Waals surface area contributed by atoms with Gasteiger partial charge in [-0.25, -0.2) is 4.98 Å². The van der Waals surface area contributed by atoms with Gasteiger partial charge in [0.2, 0.25) is 5.91 Å². The summed E-state index contributed by atoms with van der Waals surface area (Å²) in [6, 6.07) is 6.94. The molecule has 1 fully saturated rings. The standard InChI is InChI=1S/C20H25F2N3OS2/c1-12-13(2)25(16-6-4-5-7-16)20(23-12)27-14(3)18(26)24-15-8-10-17(11-9-15)28-19(21)22/h8-11,14,16,19H,4-7H2,1-3H3,(H,24,26)/t14-/m0/s1. The van der Waals surface area contributed by atoms with Crippen molar-refractivity contribution in [2.45, 2.75) is 73.6 Å². The average molecular weight is 426 g/mol. The molecule has 0 aliphatic heterocycles. The summed E-state index contributed by atoms with van der Waals surface area (Å²) in [5, 5.41) is 3.43. The van der Waals surface area contributed by atoms with Crippen molar-refractivity contribution in [2.24, 2.45) is 0 Å². The molecule has 0 radical (unpaired) electrons. The number of thioether (sulfide) groups is 2. The molecular weight excluding hydrogens is 400 g/mol. The van der Waals surface area contributed by atoms with Crippen LogP contribution < -0.4 is 5.32 Å². The van der Waals surface area contributed by atoms with Crippen LogP contribution >= 0.6 is 23.5 Å². The van der Waals surface area contributed by atoms with E-state index in [-0.39, 0.29) is 11.2 Å². The third-order valence-corrected chi connectivity index (χ3v) is 6.83. The number of imidazole rings is 1. The normalized spacial score (nSPS) is 15.9. The lowest BCUT2D eigenvalue weighted by Crippen LogP contribution is -2.23. The number of hydrogen-bond donors (Lipinski definition) is 1. The van der Waals surface area contributed by atoms with Gasteiger partial charge in [0.1, 0.15) is 0 Å². The summed E-state index contributed by atoms with van der Waals surface area (Å²) in [6.07, 6.45) is 4.80. The van der Waals surface area contributed by atoms with Gasteiger partial charge in [-0.2, -0.15) is 8.78 Å². The Morgan fingerprint density at radius 3 is 2.43 bits per heavy atom. The summed E-state index contributed by atoms with van der Waals surface area (Å²) in [4.78, 5) is 17.8. The van der Waals surface area contributed by atoms with Crippen LogP contribution in [0.15, 0.2) is 34.3 Å². The summed E-state index contributed by atoms with van der Waals surface area (Å²) < 4.78 is 27.1. The van der Waals surface area contributed by atoms with Crippen LogP contribution in [0.2, 0.25) is 0 Å².